The molecule has 1 aromatic carbocycles. The fraction of sp³-hybridized carbons (Fsp3) is 0.684. The lowest BCUT2D eigenvalue weighted by molar-refractivity contribution is 0.373. The third-order valence-corrected chi connectivity index (χ3v) is 6.30. The monoisotopic (exact) mass is 303 g/mol. The molecular formula is C19H29NS. The van der Waals surface area contributed by atoms with E-state index in [2.05, 4.69) is 48.3 Å². The Morgan fingerprint density at radius 3 is 2.67 bits per heavy atom. The smallest absolute Gasteiger partial charge is 0.0322 e. The van der Waals surface area contributed by atoms with Crippen molar-refractivity contribution in [3.05, 3.63) is 35.4 Å². The molecule has 0 amide bonds. The van der Waals surface area contributed by atoms with Crippen molar-refractivity contribution in [3.63, 3.8) is 0 Å². The highest BCUT2D eigenvalue weighted by Gasteiger charge is 2.23. The van der Waals surface area contributed by atoms with E-state index in [0.29, 0.717) is 6.04 Å². The minimum absolute atomic E-state index is 0.558. The molecule has 1 N–H and O–H groups in total. The topological polar surface area (TPSA) is 12.0 Å². The second-order valence-electron chi connectivity index (χ2n) is 6.70. The molecule has 3 rings (SSSR count). The van der Waals surface area contributed by atoms with Crippen LogP contribution in [0, 0.1) is 5.92 Å². The number of hydrogen-bond acceptors (Lipinski definition) is 2. The quantitative estimate of drug-likeness (QED) is 0.781. The van der Waals surface area contributed by atoms with E-state index in [1.807, 2.05) is 0 Å². The minimum Gasteiger partial charge on any atom is -0.310 e. The fourth-order valence-corrected chi connectivity index (χ4v) is 4.87. The van der Waals surface area contributed by atoms with Gasteiger partial charge in [0.15, 0.2) is 0 Å². The van der Waals surface area contributed by atoms with Crippen molar-refractivity contribution >= 4 is 11.8 Å². The SMILES string of the molecule is CCNC(CC1CCSCC1)c1cccc(C2CCC2)c1. The van der Waals surface area contributed by atoms with E-state index in [1.165, 1.54) is 55.6 Å². The summed E-state index contributed by atoms with van der Waals surface area (Å²) in [6.45, 7) is 3.30. The van der Waals surface area contributed by atoms with Gasteiger partial charge in [-0.2, -0.15) is 11.8 Å². The lowest BCUT2D eigenvalue weighted by Crippen LogP contribution is -2.25. The van der Waals surface area contributed by atoms with Gasteiger partial charge in [0.1, 0.15) is 0 Å². The molecule has 1 nitrogen and oxygen atoms in total. The van der Waals surface area contributed by atoms with E-state index in [1.54, 1.807) is 5.56 Å². The Labute approximate surface area is 134 Å². The Bertz CT molecular complexity index is 435. The first kappa shape index (κ1) is 15.4. The van der Waals surface area contributed by atoms with Gasteiger partial charge >= 0.3 is 0 Å². The van der Waals surface area contributed by atoms with Crippen molar-refractivity contribution in [2.75, 3.05) is 18.1 Å². The standard InChI is InChI=1S/C19H29NS/c1-2-20-19(13-15-9-11-21-12-10-15)18-8-4-7-17(14-18)16-5-3-6-16/h4,7-8,14-16,19-20H,2-3,5-6,9-13H2,1H3. The zero-order valence-electron chi connectivity index (χ0n) is 13.3. The van der Waals surface area contributed by atoms with Crippen LogP contribution in [0.15, 0.2) is 24.3 Å². The molecule has 1 saturated heterocycles. The molecule has 1 unspecified atom stereocenters. The van der Waals surface area contributed by atoms with Gasteiger partial charge in [-0.1, -0.05) is 37.6 Å². The second-order valence-corrected chi connectivity index (χ2v) is 7.92. The second kappa shape index (κ2) is 7.69. The summed E-state index contributed by atoms with van der Waals surface area (Å²) in [7, 11) is 0. The van der Waals surface area contributed by atoms with Crippen molar-refractivity contribution in [2.24, 2.45) is 5.92 Å². The van der Waals surface area contributed by atoms with E-state index in [-0.39, 0.29) is 0 Å². The molecule has 1 aliphatic carbocycles. The van der Waals surface area contributed by atoms with Gasteiger partial charge in [0.2, 0.25) is 0 Å². The van der Waals surface area contributed by atoms with Gasteiger partial charge in [-0.05, 0) is 73.1 Å². The number of benzene rings is 1. The van der Waals surface area contributed by atoms with Gasteiger partial charge in [0, 0.05) is 6.04 Å². The predicted molar refractivity (Wildman–Crippen MR) is 94.1 cm³/mol. The molecule has 2 aliphatic rings. The predicted octanol–water partition coefficient (Wildman–Crippen LogP) is 5.14. The Balaban J connectivity index is 1.69. The molecule has 0 bridgehead atoms. The molecule has 1 heterocycles. The summed E-state index contributed by atoms with van der Waals surface area (Å²) in [5.41, 5.74) is 3.11. The van der Waals surface area contributed by atoms with Gasteiger partial charge in [0.05, 0.1) is 0 Å². The molecule has 1 aromatic rings. The van der Waals surface area contributed by atoms with E-state index in [0.717, 1.165) is 18.4 Å². The van der Waals surface area contributed by atoms with Crippen LogP contribution in [0.3, 0.4) is 0 Å². The first-order chi connectivity index (χ1) is 10.4. The molecule has 1 atom stereocenters. The van der Waals surface area contributed by atoms with Crippen LogP contribution in [0.5, 0.6) is 0 Å². The number of nitrogens with one attached hydrogen (secondary N) is 1. The molecular weight excluding hydrogens is 274 g/mol. The summed E-state index contributed by atoms with van der Waals surface area (Å²) < 4.78 is 0. The number of thioether (sulfide) groups is 1. The Morgan fingerprint density at radius 2 is 2.00 bits per heavy atom. The minimum atomic E-state index is 0.558. The highest BCUT2D eigenvalue weighted by molar-refractivity contribution is 7.99. The zero-order chi connectivity index (χ0) is 14.5. The van der Waals surface area contributed by atoms with Crippen LogP contribution in [0.4, 0.5) is 0 Å². The third-order valence-electron chi connectivity index (χ3n) is 5.25. The van der Waals surface area contributed by atoms with Gasteiger partial charge in [-0.25, -0.2) is 0 Å². The van der Waals surface area contributed by atoms with Crippen LogP contribution in [0.2, 0.25) is 0 Å². The van der Waals surface area contributed by atoms with Crippen molar-refractivity contribution in [1.82, 2.24) is 5.32 Å². The average Bonchev–Trinajstić information content (AvgIpc) is 2.46. The Morgan fingerprint density at radius 1 is 1.19 bits per heavy atom. The highest BCUT2D eigenvalue weighted by Crippen LogP contribution is 2.38. The first-order valence-electron chi connectivity index (χ1n) is 8.77. The first-order valence-corrected chi connectivity index (χ1v) is 9.93. The molecule has 2 fully saturated rings. The van der Waals surface area contributed by atoms with Crippen LogP contribution in [-0.4, -0.2) is 18.1 Å². The van der Waals surface area contributed by atoms with Crippen LogP contribution >= 0.6 is 11.8 Å². The molecule has 1 aliphatic heterocycles. The van der Waals surface area contributed by atoms with Crippen molar-refractivity contribution in [2.45, 2.75) is 57.4 Å². The molecule has 0 spiro atoms. The Hall–Kier alpha value is -0.470. The van der Waals surface area contributed by atoms with Gasteiger partial charge in [-0.3, -0.25) is 0 Å². The molecule has 0 aromatic heterocycles. The summed E-state index contributed by atoms with van der Waals surface area (Å²) in [5.74, 6) is 4.50. The Kier molecular flexibility index (Phi) is 5.65. The van der Waals surface area contributed by atoms with Crippen LogP contribution in [0.25, 0.3) is 0 Å². The maximum atomic E-state index is 3.74. The van der Waals surface area contributed by atoms with E-state index in [4.69, 9.17) is 0 Å². The molecule has 2 heteroatoms. The van der Waals surface area contributed by atoms with Gasteiger partial charge < -0.3 is 5.32 Å². The maximum Gasteiger partial charge on any atom is 0.0322 e. The summed E-state index contributed by atoms with van der Waals surface area (Å²) >= 11 is 2.13. The third kappa shape index (κ3) is 4.04. The fourth-order valence-electron chi connectivity index (χ4n) is 3.67. The largest absolute Gasteiger partial charge is 0.310 e. The lowest BCUT2D eigenvalue weighted by atomic mass is 9.79. The summed E-state index contributed by atoms with van der Waals surface area (Å²) in [6, 6.07) is 10.0. The van der Waals surface area contributed by atoms with Crippen LogP contribution in [-0.2, 0) is 0 Å². The number of rotatable bonds is 6. The van der Waals surface area contributed by atoms with E-state index < -0.39 is 0 Å². The normalized spacial score (nSPS) is 22.0. The van der Waals surface area contributed by atoms with Crippen molar-refractivity contribution < 1.29 is 0 Å². The van der Waals surface area contributed by atoms with Crippen molar-refractivity contribution in [1.29, 1.82) is 0 Å². The highest BCUT2D eigenvalue weighted by atomic mass is 32.2. The zero-order valence-corrected chi connectivity index (χ0v) is 14.1. The lowest BCUT2D eigenvalue weighted by Gasteiger charge is -2.29. The van der Waals surface area contributed by atoms with Crippen LogP contribution < -0.4 is 5.32 Å². The summed E-state index contributed by atoms with van der Waals surface area (Å²) in [6.07, 6.45) is 8.36. The van der Waals surface area contributed by atoms with Gasteiger partial charge in [0.25, 0.3) is 0 Å². The van der Waals surface area contributed by atoms with Crippen molar-refractivity contribution in [3.8, 4) is 0 Å². The molecule has 0 radical (unpaired) electrons. The maximum absolute atomic E-state index is 3.74. The summed E-state index contributed by atoms with van der Waals surface area (Å²) in [4.78, 5) is 0. The molecule has 116 valence electrons. The van der Waals surface area contributed by atoms with Gasteiger partial charge in [-0.15, -0.1) is 0 Å². The van der Waals surface area contributed by atoms with Crippen LogP contribution in [0.1, 0.15) is 68.5 Å². The van der Waals surface area contributed by atoms with E-state index in [9.17, 15) is 0 Å². The van der Waals surface area contributed by atoms with E-state index >= 15 is 0 Å². The number of hydrogen-bond donors (Lipinski definition) is 1. The molecule has 21 heavy (non-hydrogen) atoms. The summed E-state index contributed by atoms with van der Waals surface area (Å²) in [5, 5.41) is 3.74. The molecule has 1 saturated carbocycles. The average molecular weight is 304 g/mol.